The van der Waals surface area contributed by atoms with Gasteiger partial charge in [0.25, 0.3) is 0 Å². The fraction of sp³-hybridized carbons (Fsp3) is 0.125. The maximum atomic E-state index is 13.8. The topological polar surface area (TPSA) is 104 Å². The predicted octanol–water partition coefficient (Wildman–Crippen LogP) is 3.07. The molecule has 1 atom stereocenters. The Kier molecular flexibility index (Phi) is 6.27. The van der Waals surface area contributed by atoms with E-state index >= 15 is 0 Å². The molecule has 0 aliphatic heterocycles. The molecule has 0 unspecified atom stereocenters. The standard InChI is InChI=1S/C24H21NO5/c26-21(27)16-20(22(28)29)25-23(30)24(17-10-4-1-5-11-17,18-12-6-2-7-13-18)19-14-8-3-9-15-19/h1-15,20H,16H2,(H,25,30)(H,26,27)(H,28,29)/t20-/m1/s1. The van der Waals surface area contributed by atoms with Crippen molar-refractivity contribution in [3.05, 3.63) is 108 Å². The molecular formula is C24H21NO5. The Bertz CT molecular complexity index is 923. The quantitative estimate of drug-likeness (QED) is 0.502. The number of carboxylic acids is 2. The summed E-state index contributed by atoms with van der Waals surface area (Å²) in [5, 5.41) is 21.0. The van der Waals surface area contributed by atoms with Crippen molar-refractivity contribution >= 4 is 17.8 Å². The van der Waals surface area contributed by atoms with Gasteiger partial charge in [0, 0.05) is 0 Å². The van der Waals surface area contributed by atoms with Crippen LogP contribution in [0.15, 0.2) is 91.0 Å². The molecule has 0 fully saturated rings. The van der Waals surface area contributed by atoms with E-state index in [4.69, 9.17) is 5.11 Å². The Balaban J connectivity index is 2.24. The van der Waals surface area contributed by atoms with Crippen molar-refractivity contribution in [1.82, 2.24) is 5.32 Å². The molecule has 0 saturated carbocycles. The maximum Gasteiger partial charge on any atom is 0.326 e. The first kappa shape index (κ1) is 20.8. The van der Waals surface area contributed by atoms with Gasteiger partial charge in [-0.15, -0.1) is 0 Å². The average Bonchev–Trinajstić information content (AvgIpc) is 2.76. The molecule has 0 bridgehead atoms. The number of hydrogen-bond acceptors (Lipinski definition) is 3. The largest absolute Gasteiger partial charge is 0.481 e. The third-order valence-corrected chi connectivity index (χ3v) is 4.94. The lowest BCUT2D eigenvalue weighted by molar-refractivity contribution is -0.147. The van der Waals surface area contributed by atoms with Crippen LogP contribution in [0, 0.1) is 0 Å². The van der Waals surface area contributed by atoms with E-state index in [0.29, 0.717) is 16.7 Å². The lowest BCUT2D eigenvalue weighted by Gasteiger charge is -2.35. The summed E-state index contributed by atoms with van der Waals surface area (Å²) >= 11 is 0. The number of carbonyl (C=O) groups is 3. The van der Waals surface area contributed by atoms with Crippen LogP contribution >= 0.6 is 0 Å². The van der Waals surface area contributed by atoms with Crippen molar-refractivity contribution in [2.45, 2.75) is 17.9 Å². The third-order valence-electron chi connectivity index (χ3n) is 4.94. The Morgan fingerprint density at radius 2 is 1.07 bits per heavy atom. The van der Waals surface area contributed by atoms with Crippen molar-refractivity contribution in [2.75, 3.05) is 0 Å². The highest BCUT2D eigenvalue weighted by atomic mass is 16.4. The molecule has 3 N–H and O–H groups in total. The zero-order chi connectivity index (χ0) is 21.6. The fourth-order valence-electron chi connectivity index (χ4n) is 3.60. The van der Waals surface area contributed by atoms with Crippen LogP contribution in [0.25, 0.3) is 0 Å². The van der Waals surface area contributed by atoms with Crippen molar-refractivity contribution in [2.24, 2.45) is 0 Å². The minimum atomic E-state index is -1.56. The van der Waals surface area contributed by atoms with Crippen molar-refractivity contribution in [3.63, 3.8) is 0 Å². The fourth-order valence-corrected chi connectivity index (χ4v) is 3.60. The Morgan fingerprint density at radius 3 is 1.37 bits per heavy atom. The van der Waals surface area contributed by atoms with Gasteiger partial charge in [0.15, 0.2) is 0 Å². The maximum absolute atomic E-state index is 13.8. The van der Waals surface area contributed by atoms with Crippen molar-refractivity contribution in [1.29, 1.82) is 0 Å². The predicted molar refractivity (Wildman–Crippen MR) is 111 cm³/mol. The number of carboxylic acid groups (broad SMARTS) is 2. The van der Waals surface area contributed by atoms with E-state index in [9.17, 15) is 19.5 Å². The van der Waals surface area contributed by atoms with Gasteiger partial charge >= 0.3 is 11.9 Å². The number of benzene rings is 3. The molecule has 0 spiro atoms. The highest BCUT2D eigenvalue weighted by Gasteiger charge is 2.45. The smallest absolute Gasteiger partial charge is 0.326 e. The molecule has 0 heterocycles. The summed E-state index contributed by atoms with van der Waals surface area (Å²) < 4.78 is 0. The Labute approximate surface area is 173 Å². The summed E-state index contributed by atoms with van der Waals surface area (Å²) in [4.78, 5) is 36.6. The van der Waals surface area contributed by atoms with Crippen LogP contribution in [0.2, 0.25) is 0 Å². The molecule has 1 amide bonds. The third kappa shape index (κ3) is 4.07. The van der Waals surface area contributed by atoms with Crippen LogP contribution in [-0.2, 0) is 19.8 Å². The zero-order valence-electron chi connectivity index (χ0n) is 16.1. The molecule has 0 aliphatic carbocycles. The lowest BCUT2D eigenvalue weighted by Crippen LogP contribution is -2.52. The summed E-state index contributed by atoms with van der Waals surface area (Å²) in [6, 6.07) is 25.5. The van der Waals surface area contributed by atoms with E-state index < -0.39 is 35.7 Å². The SMILES string of the molecule is O=C(O)C[C@@H](NC(=O)C(c1ccccc1)(c1ccccc1)c1ccccc1)C(=O)O. The minimum absolute atomic E-state index is 0.611. The van der Waals surface area contributed by atoms with E-state index in [2.05, 4.69) is 5.32 Å². The first-order chi connectivity index (χ1) is 14.5. The number of rotatable bonds is 8. The summed E-state index contributed by atoms with van der Waals surface area (Å²) in [5.74, 6) is -3.33. The molecule has 3 aromatic rings. The summed E-state index contributed by atoms with van der Waals surface area (Å²) in [5.41, 5.74) is 0.550. The number of carbonyl (C=O) groups excluding carboxylic acids is 1. The lowest BCUT2D eigenvalue weighted by atomic mass is 9.68. The Morgan fingerprint density at radius 1 is 0.700 bits per heavy atom. The van der Waals surface area contributed by atoms with Crippen LogP contribution in [0.4, 0.5) is 0 Å². The van der Waals surface area contributed by atoms with Gasteiger partial charge < -0.3 is 15.5 Å². The number of aliphatic carboxylic acids is 2. The van der Waals surface area contributed by atoms with Gasteiger partial charge in [0.1, 0.15) is 11.5 Å². The van der Waals surface area contributed by atoms with Crippen LogP contribution in [0.5, 0.6) is 0 Å². The van der Waals surface area contributed by atoms with E-state index in [0.717, 1.165) is 0 Å². The molecule has 3 rings (SSSR count). The van der Waals surface area contributed by atoms with Gasteiger partial charge in [-0.3, -0.25) is 9.59 Å². The second-order valence-corrected chi connectivity index (χ2v) is 6.81. The van der Waals surface area contributed by atoms with Gasteiger partial charge in [0.05, 0.1) is 6.42 Å². The Hall–Kier alpha value is -3.93. The average molecular weight is 403 g/mol. The van der Waals surface area contributed by atoms with Crippen LogP contribution in [-0.4, -0.2) is 34.1 Å². The van der Waals surface area contributed by atoms with Crippen LogP contribution < -0.4 is 5.32 Å². The second-order valence-electron chi connectivity index (χ2n) is 6.81. The molecule has 0 radical (unpaired) electrons. The van der Waals surface area contributed by atoms with Gasteiger partial charge in [0.2, 0.25) is 5.91 Å². The molecule has 6 heteroatoms. The van der Waals surface area contributed by atoms with Gasteiger partial charge in [-0.05, 0) is 16.7 Å². The van der Waals surface area contributed by atoms with E-state index in [-0.39, 0.29) is 0 Å². The highest BCUT2D eigenvalue weighted by Crippen LogP contribution is 2.39. The molecule has 3 aromatic carbocycles. The van der Waals surface area contributed by atoms with Crippen LogP contribution in [0.1, 0.15) is 23.1 Å². The molecule has 30 heavy (non-hydrogen) atoms. The summed E-state index contributed by atoms with van der Waals surface area (Å²) in [6.07, 6.45) is -0.727. The molecule has 0 saturated heterocycles. The molecule has 152 valence electrons. The monoisotopic (exact) mass is 403 g/mol. The second kappa shape index (κ2) is 9.05. The first-order valence-corrected chi connectivity index (χ1v) is 9.38. The molecular weight excluding hydrogens is 382 g/mol. The van der Waals surface area contributed by atoms with Crippen molar-refractivity contribution in [3.8, 4) is 0 Å². The zero-order valence-corrected chi connectivity index (χ0v) is 16.1. The number of hydrogen-bond donors (Lipinski definition) is 3. The van der Waals surface area contributed by atoms with E-state index in [1.807, 2.05) is 18.2 Å². The summed E-state index contributed by atoms with van der Waals surface area (Å²) in [6.45, 7) is 0. The van der Waals surface area contributed by atoms with Gasteiger partial charge in [-0.1, -0.05) is 91.0 Å². The van der Waals surface area contributed by atoms with Crippen LogP contribution in [0.3, 0.4) is 0 Å². The molecule has 0 aliphatic rings. The number of amides is 1. The highest BCUT2D eigenvalue weighted by molar-refractivity contribution is 5.98. The summed E-state index contributed by atoms with van der Waals surface area (Å²) in [7, 11) is 0. The molecule has 0 aromatic heterocycles. The van der Waals surface area contributed by atoms with Crippen molar-refractivity contribution < 1.29 is 24.6 Å². The van der Waals surface area contributed by atoms with E-state index in [1.54, 1.807) is 72.8 Å². The minimum Gasteiger partial charge on any atom is -0.481 e. The normalized spacial score (nSPS) is 12.0. The van der Waals surface area contributed by atoms with E-state index in [1.165, 1.54) is 0 Å². The molecule has 6 nitrogen and oxygen atoms in total. The number of nitrogens with one attached hydrogen (secondary N) is 1. The first-order valence-electron chi connectivity index (χ1n) is 9.38. The van der Waals surface area contributed by atoms with Gasteiger partial charge in [-0.2, -0.15) is 0 Å². The van der Waals surface area contributed by atoms with Gasteiger partial charge in [-0.25, -0.2) is 4.79 Å².